The minimum absolute atomic E-state index is 0.0444. The predicted molar refractivity (Wildman–Crippen MR) is 101 cm³/mol. The average Bonchev–Trinajstić information content (AvgIpc) is 2.64. The number of nitrogens with two attached hydrogens (primary N) is 1. The Labute approximate surface area is 166 Å². The van der Waals surface area contributed by atoms with Crippen molar-refractivity contribution in [1.29, 1.82) is 5.26 Å². The number of hydrogen-bond acceptors (Lipinski definition) is 10. The van der Waals surface area contributed by atoms with Crippen LogP contribution in [-0.2, 0) is 24.3 Å². The fraction of sp³-hybridized carbons (Fsp3) is 0.312. The smallest absolute Gasteiger partial charge is 0.321 e. The number of rotatable bonds is 9. The molecular formula is C16H19N5O7S. The lowest BCUT2D eigenvalue weighted by molar-refractivity contribution is -0.384. The van der Waals surface area contributed by atoms with Crippen LogP contribution in [0.3, 0.4) is 0 Å². The molecule has 156 valence electrons. The summed E-state index contributed by atoms with van der Waals surface area (Å²) in [5.41, 5.74) is 4.70. The molecule has 0 radical (unpaired) electrons. The van der Waals surface area contributed by atoms with Gasteiger partial charge in [-0.2, -0.15) is 9.98 Å². The molecule has 0 amide bonds. The van der Waals surface area contributed by atoms with Crippen LogP contribution < -0.4 is 15.4 Å². The molecule has 29 heavy (non-hydrogen) atoms. The Balaban J connectivity index is 2.84. The Morgan fingerprint density at radius 1 is 1.38 bits per heavy atom. The quantitative estimate of drug-likeness (QED) is 0.176. The summed E-state index contributed by atoms with van der Waals surface area (Å²) in [6.07, 6.45) is 0. The van der Waals surface area contributed by atoms with Crippen LogP contribution in [-0.4, -0.2) is 52.3 Å². The molecule has 1 aromatic carbocycles. The SMILES string of the molecule is CC(N)=C(C#N)C(=O)COC(=O)CNS(=O)(=O)c1ccc(N(C)C)c([N+](=O)[O-])c1. The van der Waals surface area contributed by atoms with Crippen molar-refractivity contribution in [1.82, 2.24) is 4.72 Å². The molecule has 12 nitrogen and oxygen atoms in total. The molecule has 0 aromatic heterocycles. The first-order valence-electron chi connectivity index (χ1n) is 7.91. The zero-order valence-electron chi connectivity index (χ0n) is 15.8. The van der Waals surface area contributed by atoms with Gasteiger partial charge in [0.05, 0.1) is 9.82 Å². The van der Waals surface area contributed by atoms with Crippen LogP contribution in [0.15, 0.2) is 34.4 Å². The molecule has 0 aliphatic heterocycles. The number of anilines is 1. The number of esters is 1. The molecule has 0 aliphatic carbocycles. The lowest BCUT2D eigenvalue weighted by atomic mass is 10.1. The number of allylic oxidation sites excluding steroid dienone is 1. The lowest BCUT2D eigenvalue weighted by Gasteiger charge is -2.13. The number of nitro benzene ring substituents is 1. The summed E-state index contributed by atoms with van der Waals surface area (Å²) >= 11 is 0. The monoisotopic (exact) mass is 425 g/mol. The van der Waals surface area contributed by atoms with Crippen molar-refractivity contribution < 1.29 is 27.7 Å². The number of nitrogens with one attached hydrogen (secondary N) is 1. The molecule has 1 aromatic rings. The summed E-state index contributed by atoms with van der Waals surface area (Å²) in [5, 5.41) is 20.0. The summed E-state index contributed by atoms with van der Waals surface area (Å²) in [5.74, 6) is -1.92. The van der Waals surface area contributed by atoms with Gasteiger partial charge in [0.2, 0.25) is 15.8 Å². The summed E-state index contributed by atoms with van der Waals surface area (Å²) in [7, 11) is -1.15. The van der Waals surface area contributed by atoms with Gasteiger partial charge in [0.25, 0.3) is 5.69 Å². The second kappa shape index (κ2) is 9.62. The fourth-order valence-corrected chi connectivity index (χ4v) is 3.06. The van der Waals surface area contributed by atoms with Crippen molar-refractivity contribution in [2.75, 3.05) is 32.1 Å². The lowest BCUT2D eigenvalue weighted by Crippen LogP contribution is -2.32. The van der Waals surface area contributed by atoms with Gasteiger partial charge in [-0.3, -0.25) is 19.7 Å². The number of ether oxygens (including phenoxy) is 1. The van der Waals surface area contributed by atoms with Gasteiger partial charge in [-0.25, -0.2) is 8.42 Å². The van der Waals surface area contributed by atoms with E-state index in [1.54, 1.807) is 20.2 Å². The van der Waals surface area contributed by atoms with Crippen LogP contribution in [0.5, 0.6) is 0 Å². The van der Waals surface area contributed by atoms with E-state index in [2.05, 4.69) is 4.74 Å². The van der Waals surface area contributed by atoms with Crippen molar-refractivity contribution in [3.63, 3.8) is 0 Å². The second-order valence-corrected chi connectivity index (χ2v) is 7.65. The van der Waals surface area contributed by atoms with Crippen molar-refractivity contribution in [2.45, 2.75) is 11.8 Å². The van der Waals surface area contributed by atoms with E-state index in [-0.39, 0.29) is 17.0 Å². The number of Topliss-reactive ketones (excluding diaryl/α,β-unsaturated/α-hetero) is 1. The molecule has 0 unspecified atom stereocenters. The van der Waals surface area contributed by atoms with E-state index in [0.717, 1.165) is 12.1 Å². The fourth-order valence-electron chi connectivity index (χ4n) is 2.07. The highest BCUT2D eigenvalue weighted by molar-refractivity contribution is 7.89. The number of ketones is 1. The summed E-state index contributed by atoms with van der Waals surface area (Å²) < 4.78 is 31.1. The van der Waals surface area contributed by atoms with Crippen LogP contribution >= 0.6 is 0 Å². The third-order valence-electron chi connectivity index (χ3n) is 3.49. The van der Waals surface area contributed by atoms with Crippen LogP contribution in [0, 0.1) is 21.4 Å². The zero-order chi connectivity index (χ0) is 22.4. The van der Waals surface area contributed by atoms with Crippen molar-refractivity contribution in [3.8, 4) is 6.07 Å². The standard InChI is InChI=1S/C16H19N5O7S/c1-10(18)12(7-17)15(22)9-28-16(23)8-19-29(26,27)11-4-5-13(20(2)3)14(6-11)21(24)25/h4-6,19H,8-9,18H2,1-3H3. The Morgan fingerprint density at radius 2 is 2.00 bits per heavy atom. The highest BCUT2D eigenvalue weighted by atomic mass is 32.2. The predicted octanol–water partition coefficient (Wildman–Crippen LogP) is -0.192. The van der Waals surface area contributed by atoms with Gasteiger partial charge >= 0.3 is 5.97 Å². The number of hydrogen-bond donors (Lipinski definition) is 2. The molecule has 0 aliphatic rings. The van der Waals surface area contributed by atoms with E-state index in [0.29, 0.717) is 0 Å². The number of benzene rings is 1. The van der Waals surface area contributed by atoms with E-state index >= 15 is 0 Å². The molecule has 1 rings (SSSR count). The van der Waals surface area contributed by atoms with Crippen molar-refractivity contribution in [2.24, 2.45) is 5.73 Å². The summed E-state index contributed by atoms with van der Waals surface area (Å²) in [6, 6.07) is 4.84. The highest BCUT2D eigenvalue weighted by Gasteiger charge is 2.23. The first-order valence-corrected chi connectivity index (χ1v) is 9.39. The normalized spacial score (nSPS) is 11.8. The molecule has 0 fully saturated rings. The molecule has 0 atom stereocenters. The number of nitriles is 1. The van der Waals surface area contributed by atoms with Crippen LogP contribution in [0.4, 0.5) is 11.4 Å². The molecule has 0 bridgehead atoms. The molecule has 0 saturated heterocycles. The Hall–Kier alpha value is -3.50. The van der Waals surface area contributed by atoms with Crippen LogP contribution in [0.25, 0.3) is 0 Å². The number of sulfonamides is 1. The first kappa shape index (κ1) is 23.5. The molecule has 13 heteroatoms. The number of carbonyl (C=O) groups excluding carboxylic acids is 2. The number of carbonyl (C=O) groups is 2. The summed E-state index contributed by atoms with van der Waals surface area (Å²) in [4.78, 5) is 34.8. The molecular weight excluding hydrogens is 406 g/mol. The number of nitrogens with zero attached hydrogens (tertiary/aromatic N) is 3. The van der Waals surface area contributed by atoms with E-state index in [4.69, 9.17) is 11.0 Å². The minimum Gasteiger partial charge on any atom is -0.456 e. The zero-order valence-corrected chi connectivity index (χ0v) is 16.6. The van der Waals surface area contributed by atoms with Gasteiger partial charge in [-0.05, 0) is 19.1 Å². The van der Waals surface area contributed by atoms with E-state index in [1.165, 1.54) is 17.9 Å². The third-order valence-corrected chi connectivity index (χ3v) is 4.89. The molecule has 0 heterocycles. The molecule has 0 spiro atoms. The van der Waals surface area contributed by atoms with Crippen LogP contribution in [0.2, 0.25) is 0 Å². The molecule has 3 N–H and O–H groups in total. The van der Waals surface area contributed by atoms with Gasteiger partial charge < -0.3 is 15.4 Å². The Morgan fingerprint density at radius 3 is 2.48 bits per heavy atom. The van der Waals surface area contributed by atoms with Crippen LogP contribution in [0.1, 0.15) is 6.92 Å². The Bertz CT molecular complexity index is 1000. The van der Waals surface area contributed by atoms with Gasteiger partial charge in [0.1, 0.15) is 23.9 Å². The van der Waals surface area contributed by atoms with Crippen molar-refractivity contribution in [3.05, 3.63) is 39.6 Å². The van der Waals surface area contributed by atoms with E-state index in [1.807, 2.05) is 4.72 Å². The number of nitro groups is 1. The largest absolute Gasteiger partial charge is 0.456 e. The maximum atomic E-state index is 12.3. The maximum absolute atomic E-state index is 12.3. The minimum atomic E-state index is -4.27. The topological polar surface area (TPSA) is 186 Å². The Kier molecular flexibility index (Phi) is 7.81. The first-order chi connectivity index (χ1) is 13.4. The van der Waals surface area contributed by atoms with Crippen molar-refractivity contribution >= 4 is 33.2 Å². The molecule has 0 saturated carbocycles. The van der Waals surface area contributed by atoms with Gasteiger partial charge in [-0.15, -0.1) is 0 Å². The highest BCUT2D eigenvalue weighted by Crippen LogP contribution is 2.29. The third kappa shape index (κ3) is 6.26. The van der Waals surface area contributed by atoms with Gasteiger partial charge in [-0.1, -0.05) is 0 Å². The van der Waals surface area contributed by atoms with E-state index in [9.17, 15) is 28.1 Å². The van der Waals surface area contributed by atoms with E-state index < -0.39 is 50.4 Å². The summed E-state index contributed by atoms with van der Waals surface area (Å²) in [6.45, 7) is -0.291. The van der Waals surface area contributed by atoms with Gasteiger partial charge in [0.15, 0.2) is 6.61 Å². The average molecular weight is 425 g/mol. The maximum Gasteiger partial charge on any atom is 0.321 e. The second-order valence-electron chi connectivity index (χ2n) is 5.88. The van der Waals surface area contributed by atoms with Gasteiger partial charge in [0, 0.05) is 25.9 Å².